The number of rotatable bonds is 5. The van der Waals surface area contributed by atoms with Gasteiger partial charge in [-0.1, -0.05) is 36.4 Å². The molecule has 7 nitrogen and oxygen atoms in total. The van der Waals surface area contributed by atoms with Crippen LogP contribution in [-0.2, 0) is 4.79 Å². The van der Waals surface area contributed by atoms with E-state index in [9.17, 15) is 9.59 Å². The second-order valence-corrected chi connectivity index (χ2v) is 9.12. The van der Waals surface area contributed by atoms with Crippen molar-refractivity contribution in [1.29, 1.82) is 0 Å². The summed E-state index contributed by atoms with van der Waals surface area (Å²) in [6.07, 6.45) is 3.39. The Labute approximate surface area is 188 Å². The third-order valence-corrected chi connectivity index (χ3v) is 6.83. The SMILES string of the molecule is CC(=O)N[C@H]1CC[C@H](c2nnc(C(=O)c3nc4ccc(-c5ccccc5)cc4s3)o2)CC1. The molecule has 1 amide bonds. The molecule has 0 aliphatic heterocycles. The van der Waals surface area contributed by atoms with Gasteiger partial charge in [0.1, 0.15) is 0 Å². The lowest BCUT2D eigenvalue weighted by Gasteiger charge is -2.26. The van der Waals surface area contributed by atoms with Gasteiger partial charge in [-0.05, 0) is 48.9 Å². The smallest absolute Gasteiger partial charge is 0.291 e. The van der Waals surface area contributed by atoms with Gasteiger partial charge in [0, 0.05) is 18.9 Å². The lowest BCUT2D eigenvalue weighted by Crippen LogP contribution is -2.35. The maximum atomic E-state index is 12.9. The number of carbonyl (C=O) groups is 2. The summed E-state index contributed by atoms with van der Waals surface area (Å²) in [6, 6.07) is 16.3. The Bertz CT molecular complexity index is 1270. The molecule has 32 heavy (non-hydrogen) atoms. The van der Waals surface area contributed by atoms with Crippen LogP contribution in [0.4, 0.5) is 0 Å². The van der Waals surface area contributed by atoms with Crippen molar-refractivity contribution in [2.45, 2.75) is 44.6 Å². The fourth-order valence-corrected chi connectivity index (χ4v) is 5.12. The van der Waals surface area contributed by atoms with Crippen molar-refractivity contribution in [3.63, 3.8) is 0 Å². The van der Waals surface area contributed by atoms with Gasteiger partial charge in [-0.3, -0.25) is 9.59 Å². The summed E-state index contributed by atoms with van der Waals surface area (Å²) in [6.45, 7) is 1.53. The highest BCUT2D eigenvalue weighted by Crippen LogP contribution is 2.33. The zero-order chi connectivity index (χ0) is 22.1. The predicted molar refractivity (Wildman–Crippen MR) is 122 cm³/mol. The highest BCUT2D eigenvalue weighted by atomic mass is 32.1. The minimum Gasteiger partial charge on any atom is -0.418 e. The fraction of sp³-hybridized carbons (Fsp3) is 0.292. The maximum absolute atomic E-state index is 12.9. The summed E-state index contributed by atoms with van der Waals surface area (Å²) in [5, 5.41) is 11.4. The molecule has 1 N–H and O–H groups in total. The number of amides is 1. The van der Waals surface area contributed by atoms with E-state index in [0.29, 0.717) is 10.9 Å². The Morgan fingerprint density at radius 2 is 1.78 bits per heavy atom. The lowest BCUT2D eigenvalue weighted by molar-refractivity contribution is -0.119. The van der Waals surface area contributed by atoms with Gasteiger partial charge < -0.3 is 9.73 Å². The van der Waals surface area contributed by atoms with Crippen LogP contribution in [0.2, 0.25) is 0 Å². The van der Waals surface area contributed by atoms with Crippen LogP contribution < -0.4 is 5.32 Å². The van der Waals surface area contributed by atoms with E-state index in [2.05, 4.69) is 32.6 Å². The van der Waals surface area contributed by atoms with Gasteiger partial charge in [-0.2, -0.15) is 0 Å². The Kier molecular flexibility index (Phi) is 5.53. The third kappa shape index (κ3) is 4.18. The van der Waals surface area contributed by atoms with Crippen LogP contribution in [0.15, 0.2) is 52.9 Å². The molecule has 1 aliphatic rings. The van der Waals surface area contributed by atoms with E-state index in [1.54, 1.807) is 0 Å². The second kappa shape index (κ2) is 8.63. The maximum Gasteiger partial charge on any atom is 0.291 e. The average molecular weight is 447 g/mol. The van der Waals surface area contributed by atoms with E-state index in [-0.39, 0.29) is 29.5 Å². The number of benzene rings is 2. The molecule has 162 valence electrons. The summed E-state index contributed by atoms with van der Waals surface area (Å²) in [5.74, 6) is 0.218. The number of ketones is 1. The normalized spacial score (nSPS) is 18.5. The van der Waals surface area contributed by atoms with E-state index in [4.69, 9.17) is 4.42 Å². The van der Waals surface area contributed by atoms with Gasteiger partial charge in [-0.15, -0.1) is 21.5 Å². The molecule has 1 aliphatic carbocycles. The van der Waals surface area contributed by atoms with Crippen molar-refractivity contribution >= 4 is 33.2 Å². The lowest BCUT2D eigenvalue weighted by atomic mass is 9.86. The van der Waals surface area contributed by atoms with Crippen LogP contribution in [0, 0.1) is 0 Å². The first kappa shape index (κ1) is 20.5. The largest absolute Gasteiger partial charge is 0.418 e. The van der Waals surface area contributed by atoms with Crippen molar-refractivity contribution in [1.82, 2.24) is 20.5 Å². The van der Waals surface area contributed by atoms with E-state index in [0.717, 1.165) is 47.0 Å². The van der Waals surface area contributed by atoms with Gasteiger partial charge in [-0.25, -0.2) is 4.98 Å². The Hall–Kier alpha value is -3.39. The van der Waals surface area contributed by atoms with Gasteiger partial charge in [0.25, 0.3) is 11.7 Å². The van der Waals surface area contributed by atoms with Gasteiger partial charge in [0.15, 0.2) is 5.01 Å². The molecule has 2 aromatic heterocycles. The van der Waals surface area contributed by atoms with Gasteiger partial charge >= 0.3 is 0 Å². The second-order valence-electron chi connectivity index (χ2n) is 8.09. The van der Waals surface area contributed by atoms with Crippen molar-refractivity contribution in [2.75, 3.05) is 0 Å². The topological polar surface area (TPSA) is 98.0 Å². The Morgan fingerprint density at radius 1 is 1.00 bits per heavy atom. The molecule has 0 radical (unpaired) electrons. The number of nitrogens with zero attached hydrogens (tertiary/aromatic N) is 3. The summed E-state index contributed by atoms with van der Waals surface area (Å²) in [4.78, 5) is 28.7. The zero-order valence-electron chi connectivity index (χ0n) is 17.6. The van der Waals surface area contributed by atoms with Gasteiger partial charge in [0.2, 0.25) is 11.8 Å². The van der Waals surface area contributed by atoms with E-state index in [1.807, 2.05) is 36.4 Å². The van der Waals surface area contributed by atoms with Crippen molar-refractivity contribution in [3.8, 4) is 11.1 Å². The standard InChI is InChI=1S/C24H22N4O3S/c1-14(29)25-18-10-7-16(8-11-18)22-27-28-23(31-22)21(30)24-26-19-12-9-17(13-20(19)32-24)15-5-3-2-4-6-15/h2-6,9,12-13,16,18H,7-8,10-11H2,1H3,(H,25,29)/t16-,18-. The molecule has 0 atom stereocenters. The van der Waals surface area contributed by atoms with Gasteiger partial charge in [0.05, 0.1) is 10.2 Å². The minimum absolute atomic E-state index is 0.00847. The summed E-state index contributed by atoms with van der Waals surface area (Å²) >= 11 is 1.33. The number of hydrogen-bond acceptors (Lipinski definition) is 7. The van der Waals surface area contributed by atoms with Crippen molar-refractivity contribution < 1.29 is 14.0 Å². The summed E-state index contributed by atoms with van der Waals surface area (Å²) in [7, 11) is 0. The first-order valence-corrected chi connectivity index (χ1v) is 11.5. The predicted octanol–water partition coefficient (Wildman–Crippen LogP) is 4.74. The van der Waals surface area contributed by atoms with Crippen LogP contribution in [-0.4, -0.2) is 32.9 Å². The van der Waals surface area contributed by atoms with E-state index in [1.165, 1.54) is 18.3 Å². The van der Waals surface area contributed by atoms with Crippen LogP contribution in [0.3, 0.4) is 0 Å². The van der Waals surface area contributed by atoms with Crippen LogP contribution in [0.5, 0.6) is 0 Å². The first-order chi connectivity index (χ1) is 15.6. The highest BCUT2D eigenvalue weighted by Gasteiger charge is 2.28. The van der Waals surface area contributed by atoms with E-state index >= 15 is 0 Å². The number of aromatic nitrogens is 3. The molecular formula is C24H22N4O3S. The molecule has 1 fully saturated rings. The number of hydrogen-bond donors (Lipinski definition) is 1. The Balaban J connectivity index is 1.32. The molecule has 2 aromatic carbocycles. The molecule has 8 heteroatoms. The summed E-state index contributed by atoms with van der Waals surface area (Å²) < 4.78 is 6.69. The zero-order valence-corrected chi connectivity index (χ0v) is 18.4. The average Bonchev–Trinajstić information content (AvgIpc) is 3.46. The molecule has 0 spiro atoms. The summed E-state index contributed by atoms with van der Waals surface area (Å²) in [5.41, 5.74) is 2.97. The van der Waals surface area contributed by atoms with Crippen LogP contribution >= 0.6 is 11.3 Å². The number of thiazole rings is 1. The fourth-order valence-electron chi connectivity index (χ4n) is 4.19. The Morgan fingerprint density at radius 3 is 2.53 bits per heavy atom. The molecule has 0 bridgehead atoms. The van der Waals surface area contributed by atoms with Crippen molar-refractivity contribution in [2.24, 2.45) is 0 Å². The molecule has 5 rings (SSSR count). The molecule has 0 unspecified atom stereocenters. The molecule has 2 heterocycles. The van der Waals surface area contributed by atoms with Crippen LogP contribution in [0.1, 0.15) is 60.1 Å². The molecule has 4 aromatic rings. The molecular weight excluding hydrogens is 424 g/mol. The molecule has 1 saturated carbocycles. The minimum atomic E-state index is -0.349. The highest BCUT2D eigenvalue weighted by molar-refractivity contribution is 7.20. The van der Waals surface area contributed by atoms with Crippen molar-refractivity contribution in [3.05, 3.63) is 65.3 Å². The number of nitrogens with one attached hydrogen (secondary N) is 1. The monoisotopic (exact) mass is 446 g/mol. The number of fused-ring (bicyclic) bond motifs is 1. The van der Waals surface area contributed by atoms with Crippen LogP contribution in [0.25, 0.3) is 21.3 Å². The third-order valence-electron chi connectivity index (χ3n) is 5.81. The van der Waals surface area contributed by atoms with E-state index < -0.39 is 0 Å². The quantitative estimate of drug-likeness (QED) is 0.445. The molecule has 0 saturated heterocycles. The first-order valence-electron chi connectivity index (χ1n) is 10.7. The number of carbonyl (C=O) groups excluding carboxylic acids is 2.